The third-order valence-electron chi connectivity index (χ3n) is 3.79. The first kappa shape index (κ1) is 16.8. The Bertz CT molecular complexity index is 675. The number of carbonyl (C=O) groups excluding carboxylic acids is 2. The zero-order chi connectivity index (χ0) is 17.6. The summed E-state index contributed by atoms with van der Waals surface area (Å²) < 4.78 is 1.52. The van der Waals surface area contributed by atoms with Crippen LogP contribution in [0.5, 0.6) is 0 Å². The summed E-state index contributed by atoms with van der Waals surface area (Å²) >= 11 is 0. The Kier molecular flexibility index (Phi) is 3.83. The predicted molar refractivity (Wildman–Crippen MR) is 80.8 cm³/mol. The number of rotatable bonds is 3. The molecule has 0 spiro atoms. The van der Waals surface area contributed by atoms with Crippen molar-refractivity contribution in [2.75, 3.05) is 6.54 Å². The fourth-order valence-electron chi connectivity index (χ4n) is 2.70. The lowest BCUT2D eigenvalue weighted by molar-refractivity contribution is -0.125. The van der Waals surface area contributed by atoms with Gasteiger partial charge >= 0.3 is 12.1 Å². The summed E-state index contributed by atoms with van der Waals surface area (Å²) in [5.74, 6) is -0.611. The Morgan fingerprint density at radius 2 is 2.04 bits per heavy atom. The summed E-state index contributed by atoms with van der Waals surface area (Å²) in [6.07, 6.45) is 0.524. The highest BCUT2D eigenvalue weighted by molar-refractivity contribution is 6.07. The average molecular weight is 323 g/mol. The fraction of sp³-hybridized carbons (Fsp3) is 0.571. The SMILES string of the molecule is Cc1cn(C)nc1[C@@]1(CN(C(=O)O)C(C)(C)C)NC(=O)NC1=O. The number of urea groups is 1. The van der Waals surface area contributed by atoms with Crippen molar-refractivity contribution in [3.05, 3.63) is 17.5 Å². The topological polar surface area (TPSA) is 117 Å². The summed E-state index contributed by atoms with van der Waals surface area (Å²) in [5, 5.41) is 18.5. The molecular formula is C14H21N5O4. The number of hydrogen-bond acceptors (Lipinski definition) is 4. The Balaban J connectivity index is 2.56. The maximum Gasteiger partial charge on any atom is 0.407 e. The van der Waals surface area contributed by atoms with Crippen molar-refractivity contribution >= 4 is 18.0 Å². The fourth-order valence-corrected chi connectivity index (χ4v) is 2.70. The molecule has 2 heterocycles. The monoisotopic (exact) mass is 323 g/mol. The second-order valence-electron chi connectivity index (χ2n) is 6.69. The van der Waals surface area contributed by atoms with Crippen molar-refractivity contribution in [3.8, 4) is 0 Å². The van der Waals surface area contributed by atoms with Gasteiger partial charge < -0.3 is 15.3 Å². The lowest BCUT2D eigenvalue weighted by atomic mass is 9.90. The van der Waals surface area contributed by atoms with Crippen LogP contribution in [0.4, 0.5) is 9.59 Å². The third-order valence-corrected chi connectivity index (χ3v) is 3.79. The van der Waals surface area contributed by atoms with Gasteiger partial charge in [-0.15, -0.1) is 0 Å². The normalized spacial score (nSPS) is 21.1. The van der Waals surface area contributed by atoms with Crippen LogP contribution in [0.25, 0.3) is 0 Å². The van der Waals surface area contributed by atoms with E-state index in [1.54, 1.807) is 40.9 Å². The van der Waals surface area contributed by atoms with Crippen molar-refractivity contribution in [3.63, 3.8) is 0 Å². The van der Waals surface area contributed by atoms with E-state index < -0.39 is 29.1 Å². The van der Waals surface area contributed by atoms with Gasteiger partial charge in [-0.1, -0.05) is 0 Å². The second kappa shape index (κ2) is 5.25. The Morgan fingerprint density at radius 1 is 1.43 bits per heavy atom. The minimum atomic E-state index is -1.55. The largest absolute Gasteiger partial charge is 0.465 e. The first-order valence-electron chi connectivity index (χ1n) is 7.12. The van der Waals surface area contributed by atoms with E-state index in [2.05, 4.69) is 15.7 Å². The molecule has 1 saturated heterocycles. The molecule has 1 aromatic rings. The van der Waals surface area contributed by atoms with E-state index in [1.807, 2.05) is 0 Å². The quantitative estimate of drug-likeness (QED) is 0.702. The standard InChI is InChI=1S/C14H21N5O4/c1-8-6-18(5)17-9(8)14(10(20)15-11(21)16-14)7-19(12(22)23)13(2,3)4/h6H,7H2,1-5H3,(H,22,23)(H2,15,16,20,21)/t14-/m1/s1. The van der Waals surface area contributed by atoms with Gasteiger partial charge in [0.1, 0.15) is 5.69 Å². The second-order valence-corrected chi connectivity index (χ2v) is 6.69. The summed E-state index contributed by atoms with van der Waals surface area (Å²) in [7, 11) is 1.69. The van der Waals surface area contributed by atoms with Gasteiger partial charge in [-0.3, -0.25) is 14.8 Å². The van der Waals surface area contributed by atoms with Crippen LogP contribution in [0.15, 0.2) is 6.20 Å². The number of imide groups is 1. The molecule has 0 radical (unpaired) electrons. The van der Waals surface area contributed by atoms with E-state index in [-0.39, 0.29) is 6.54 Å². The van der Waals surface area contributed by atoms with Crippen LogP contribution in [-0.2, 0) is 17.4 Å². The Labute approximate surface area is 133 Å². The summed E-state index contributed by atoms with van der Waals surface area (Å²) in [6, 6.07) is -0.667. The zero-order valence-corrected chi connectivity index (χ0v) is 13.8. The average Bonchev–Trinajstić information content (AvgIpc) is 2.85. The molecule has 1 aromatic heterocycles. The van der Waals surface area contributed by atoms with Gasteiger partial charge in [0.15, 0.2) is 5.54 Å². The van der Waals surface area contributed by atoms with E-state index in [0.29, 0.717) is 11.3 Å². The first-order valence-corrected chi connectivity index (χ1v) is 7.12. The van der Waals surface area contributed by atoms with Crippen LogP contribution in [-0.4, -0.2) is 49.9 Å². The van der Waals surface area contributed by atoms with E-state index >= 15 is 0 Å². The van der Waals surface area contributed by atoms with Crippen molar-refractivity contribution < 1.29 is 19.5 Å². The molecule has 0 aliphatic carbocycles. The molecule has 3 N–H and O–H groups in total. The summed E-state index contributed by atoms with van der Waals surface area (Å²) in [5.41, 5.74) is -1.29. The highest BCUT2D eigenvalue weighted by atomic mass is 16.4. The number of amides is 4. The van der Waals surface area contributed by atoms with Crippen LogP contribution in [0.1, 0.15) is 32.0 Å². The van der Waals surface area contributed by atoms with Gasteiger partial charge in [0, 0.05) is 18.8 Å². The van der Waals surface area contributed by atoms with Crippen LogP contribution in [0.3, 0.4) is 0 Å². The zero-order valence-electron chi connectivity index (χ0n) is 13.8. The molecule has 0 unspecified atom stereocenters. The van der Waals surface area contributed by atoms with Crippen molar-refractivity contribution in [1.29, 1.82) is 0 Å². The molecular weight excluding hydrogens is 302 g/mol. The molecule has 1 atom stereocenters. The lowest BCUT2D eigenvalue weighted by Crippen LogP contribution is -2.58. The molecule has 9 nitrogen and oxygen atoms in total. The van der Waals surface area contributed by atoms with Gasteiger partial charge in [0.05, 0.1) is 6.54 Å². The van der Waals surface area contributed by atoms with Gasteiger partial charge in [-0.25, -0.2) is 9.59 Å². The molecule has 0 saturated carbocycles. The highest BCUT2D eigenvalue weighted by Crippen LogP contribution is 2.30. The molecule has 126 valence electrons. The van der Waals surface area contributed by atoms with Crippen molar-refractivity contribution in [1.82, 2.24) is 25.3 Å². The Morgan fingerprint density at radius 3 is 2.39 bits per heavy atom. The minimum Gasteiger partial charge on any atom is -0.465 e. The molecule has 1 fully saturated rings. The maximum atomic E-state index is 12.5. The smallest absolute Gasteiger partial charge is 0.407 e. The molecule has 0 aromatic carbocycles. The minimum absolute atomic E-state index is 0.235. The number of nitrogens with zero attached hydrogens (tertiary/aromatic N) is 3. The highest BCUT2D eigenvalue weighted by Gasteiger charge is 2.53. The number of aryl methyl sites for hydroxylation is 2. The number of aromatic nitrogens is 2. The number of hydrogen-bond donors (Lipinski definition) is 3. The first-order chi connectivity index (χ1) is 10.5. The molecule has 2 rings (SSSR count). The number of carboxylic acid groups (broad SMARTS) is 1. The third kappa shape index (κ3) is 2.86. The maximum absolute atomic E-state index is 12.5. The van der Waals surface area contributed by atoms with Gasteiger partial charge in [-0.2, -0.15) is 5.10 Å². The van der Waals surface area contributed by atoms with E-state index in [4.69, 9.17) is 0 Å². The Hall–Kier alpha value is -2.58. The molecule has 23 heavy (non-hydrogen) atoms. The molecule has 9 heteroatoms. The van der Waals surface area contributed by atoms with Crippen LogP contribution >= 0.6 is 0 Å². The van der Waals surface area contributed by atoms with Crippen molar-refractivity contribution in [2.45, 2.75) is 38.8 Å². The molecule has 4 amide bonds. The molecule has 0 bridgehead atoms. The number of nitrogens with one attached hydrogen (secondary N) is 2. The van der Waals surface area contributed by atoms with Crippen LogP contribution < -0.4 is 10.6 Å². The van der Waals surface area contributed by atoms with E-state index in [0.717, 1.165) is 4.90 Å². The van der Waals surface area contributed by atoms with Gasteiger partial charge in [0.25, 0.3) is 5.91 Å². The van der Waals surface area contributed by atoms with Gasteiger partial charge in [-0.05, 0) is 33.3 Å². The van der Waals surface area contributed by atoms with Crippen molar-refractivity contribution in [2.24, 2.45) is 7.05 Å². The van der Waals surface area contributed by atoms with Crippen LogP contribution in [0, 0.1) is 6.92 Å². The van der Waals surface area contributed by atoms with E-state index in [9.17, 15) is 19.5 Å². The number of carbonyl (C=O) groups is 3. The van der Waals surface area contributed by atoms with Gasteiger partial charge in [0.2, 0.25) is 0 Å². The summed E-state index contributed by atoms with van der Waals surface area (Å²) in [6.45, 7) is 6.67. The van der Waals surface area contributed by atoms with E-state index in [1.165, 1.54) is 4.68 Å². The summed E-state index contributed by atoms with van der Waals surface area (Å²) in [4.78, 5) is 37.0. The lowest BCUT2D eigenvalue weighted by Gasteiger charge is -2.38. The molecule has 1 aliphatic heterocycles. The molecule has 1 aliphatic rings. The predicted octanol–water partition coefficient (Wildman–Crippen LogP) is 0.542. The van der Waals surface area contributed by atoms with Crippen LogP contribution in [0.2, 0.25) is 0 Å².